The van der Waals surface area contributed by atoms with Gasteiger partial charge < -0.3 is 15.1 Å². The molecule has 130 valence electrons. The lowest BCUT2D eigenvalue weighted by Gasteiger charge is -2.38. The molecule has 2 fully saturated rings. The fourth-order valence-corrected chi connectivity index (χ4v) is 3.47. The van der Waals surface area contributed by atoms with E-state index in [2.05, 4.69) is 42.9 Å². The molecule has 22 heavy (non-hydrogen) atoms. The van der Waals surface area contributed by atoms with Gasteiger partial charge in [0.15, 0.2) is 5.96 Å². The molecule has 0 aromatic carbocycles. The first-order chi connectivity index (χ1) is 10.1. The third-order valence-electron chi connectivity index (χ3n) is 5.54. The van der Waals surface area contributed by atoms with Crippen LogP contribution in [0.2, 0.25) is 0 Å². The van der Waals surface area contributed by atoms with Gasteiger partial charge in [0.05, 0.1) is 6.54 Å². The number of nitrogens with zero attached hydrogens (tertiary/aromatic N) is 3. The molecule has 1 spiro atoms. The molecule has 5 heteroatoms. The van der Waals surface area contributed by atoms with Gasteiger partial charge in [-0.05, 0) is 52.0 Å². The average molecular weight is 422 g/mol. The SMILES string of the molecule is CCNC(=NCCN(C)C(C)CC)N1CCC2(CCC2)C1.I. The molecule has 0 aromatic heterocycles. The third-order valence-corrected chi connectivity index (χ3v) is 5.54. The third kappa shape index (κ3) is 4.98. The Morgan fingerprint density at radius 3 is 2.55 bits per heavy atom. The fourth-order valence-electron chi connectivity index (χ4n) is 3.47. The quantitative estimate of drug-likeness (QED) is 0.405. The molecule has 1 saturated heterocycles. The molecular weight excluding hydrogens is 387 g/mol. The summed E-state index contributed by atoms with van der Waals surface area (Å²) in [6.45, 7) is 12.0. The summed E-state index contributed by atoms with van der Waals surface area (Å²) in [7, 11) is 2.20. The van der Waals surface area contributed by atoms with Gasteiger partial charge >= 0.3 is 0 Å². The normalized spacial score (nSPS) is 21.7. The molecule has 0 bridgehead atoms. The predicted octanol–water partition coefficient (Wildman–Crippen LogP) is 3.18. The Morgan fingerprint density at radius 1 is 1.32 bits per heavy atom. The Balaban J connectivity index is 0.00000242. The minimum absolute atomic E-state index is 0. The molecule has 0 radical (unpaired) electrons. The number of hydrogen-bond donors (Lipinski definition) is 1. The molecule has 1 aliphatic carbocycles. The van der Waals surface area contributed by atoms with Crippen LogP contribution in [-0.4, -0.2) is 61.6 Å². The summed E-state index contributed by atoms with van der Waals surface area (Å²) in [5.74, 6) is 1.14. The summed E-state index contributed by atoms with van der Waals surface area (Å²) in [6.07, 6.45) is 6.86. The second kappa shape index (κ2) is 9.30. The Morgan fingerprint density at radius 2 is 2.05 bits per heavy atom. The van der Waals surface area contributed by atoms with E-state index in [1.54, 1.807) is 0 Å². The Labute approximate surface area is 154 Å². The van der Waals surface area contributed by atoms with Crippen LogP contribution in [0.3, 0.4) is 0 Å². The van der Waals surface area contributed by atoms with Crippen LogP contribution in [0.4, 0.5) is 0 Å². The lowest BCUT2D eigenvalue weighted by atomic mass is 9.68. The maximum Gasteiger partial charge on any atom is 0.193 e. The van der Waals surface area contributed by atoms with Crippen molar-refractivity contribution in [3.05, 3.63) is 0 Å². The second-order valence-electron chi connectivity index (χ2n) is 7.00. The van der Waals surface area contributed by atoms with E-state index in [-0.39, 0.29) is 24.0 Å². The number of aliphatic imine (C=N–C) groups is 1. The molecule has 0 aromatic rings. The van der Waals surface area contributed by atoms with Gasteiger partial charge in [-0.15, -0.1) is 24.0 Å². The minimum Gasteiger partial charge on any atom is -0.357 e. The lowest BCUT2D eigenvalue weighted by Crippen LogP contribution is -2.43. The van der Waals surface area contributed by atoms with Crippen molar-refractivity contribution in [2.75, 3.05) is 39.8 Å². The highest BCUT2D eigenvalue weighted by Crippen LogP contribution is 2.47. The van der Waals surface area contributed by atoms with Crippen molar-refractivity contribution in [1.29, 1.82) is 0 Å². The van der Waals surface area contributed by atoms with Crippen LogP contribution in [0, 0.1) is 5.41 Å². The molecular formula is C17H35IN4. The van der Waals surface area contributed by atoms with E-state index >= 15 is 0 Å². The van der Waals surface area contributed by atoms with E-state index in [4.69, 9.17) is 4.99 Å². The highest BCUT2D eigenvalue weighted by molar-refractivity contribution is 14.0. The topological polar surface area (TPSA) is 30.9 Å². The first-order valence-corrected chi connectivity index (χ1v) is 8.84. The number of rotatable bonds is 6. The maximum atomic E-state index is 4.87. The fraction of sp³-hybridized carbons (Fsp3) is 0.941. The highest BCUT2D eigenvalue weighted by atomic mass is 127. The van der Waals surface area contributed by atoms with Crippen LogP contribution in [0.5, 0.6) is 0 Å². The minimum atomic E-state index is 0. The molecule has 1 atom stereocenters. The van der Waals surface area contributed by atoms with Gasteiger partial charge in [0.1, 0.15) is 0 Å². The largest absolute Gasteiger partial charge is 0.357 e. The standard InChI is InChI=1S/C17H34N4.HI/c1-5-15(3)20(4)13-11-19-16(18-6-2)21-12-10-17(14-21)8-7-9-17;/h15H,5-14H2,1-4H3,(H,18,19);1H. The summed E-state index contributed by atoms with van der Waals surface area (Å²) in [6, 6.07) is 0.646. The van der Waals surface area contributed by atoms with Gasteiger partial charge in [-0.2, -0.15) is 0 Å². The molecule has 1 aliphatic heterocycles. The molecule has 1 N–H and O–H groups in total. The summed E-state index contributed by atoms with van der Waals surface area (Å²) < 4.78 is 0. The molecule has 2 aliphatic rings. The molecule has 1 unspecified atom stereocenters. The summed E-state index contributed by atoms with van der Waals surface area (Å²) in [4.78, 5) is 9.77. The first kappa shape index (κ1) is 20.0. The van der Waals surface area contributed by atoms with Crippen molar-refractivity contribution < 1.29 is 0 Å². The van der Waals surface area contributed by atoms with Crippen molar-refractivity contribution in [2.45, 2.75) is 58.9 Å². The molecule has 2 rings (SSSR count). The summed E-state index contributed by atoms with van der Waals surface area (Å²) in [5.41, 5.74) is 0.643. The van der Waals surface area contributed by atoms with Crippen molar-refractivity contribution >= 4 is 29.9 Å². The van der Waals surface area contributed by atoms with Gasteiger partial charge in [-0.1, -0.05) is 13.3 Å². The number of nitrogens with one attached hydrogen (secondary N) is 1. The van der Waals surface area contributed by atoms with Crippen molar-refractivity contribution in [3.8, 4) is 0 Å². The zero-order valence-corrected chi connectivity index (χ0v) is 17.2. The maximum absolute atomic E-state index is 4.87. The molecule has 1 heterocycles. The summed E-state index contributed by atoms with van der Waals surface area (Å²) >= 11 is 0. The number of halogens is 1. The highest BCUT2D eigenvalue weighted by Gasteiger charge is 2.43. The van der Waals surface area contributed by atoms with Gasteiger partial charge in [0.25, 0.3) is 0 Å². The predicted molar refractivity (Wildman–Crippen MR) is 106 cm³/mol. The zero-order chi connectivity index (χ0) is 15.3. The number of hydrogen-bond acceptors (Lipinski definition) is 2. The van der Waals surface area contributed by atoms with Crippen LogP contribution >= 0.6 is 24.0 Å². The van der Waals surface area contributed by atoms with Crippen LogP contribution in [0.15, 0.2) is 4.99 Å². The van der Waals surface area contributed by atoms with Gasteiger partial charge in [0, 0.05) is 32.2 Å². The van der Waals surface area contributed by atoms with Crippen LogP contribution < -0.4 is 5.32 Å². The Bertz CT molecular complexity index is 355. The Kier molecular flexibility index (Phi) is 8.46. The van der Waals surface area contributed by atoms with Gasteiger partial charge in [-0.25, -0.2) is 0 Å². The first-order valence-electron chi connectivity index (χ1n) is 8.84. The van der Waals surface area contributed by atoms with E-state index in [9.17, 15) is 0 Å². The van der Waals surface area contributed by atoms with Gasteiger partial charge in [-0.3, -0.25) is 4.99 Å². The van der Waals surface area contributed by atoms with Crippen molar-refractivity contribution in [1.82, 2.24) is 15.1 Å². The Hall–Kier alpha value is -0.0400. The van der Waals surface area contributed by atoms with Crippen molar-refractivity contribution in [3.63, 3.8) is 0 Å². The van der Waals surface area contributed by atoms with E-state index in [0.29, 0.717) is 11.5 Å². The van der Waals surface area contributed by atoms with E-state index < -0.39 is 0 Å². The monoisotopic (exact) mass is 422 g/mol. The van der Waals surface area contributed by atoms with E-state index in [1.165, 1.54) is 45.2 Å². The van der Waals surface area contributed by atoms with Crippen LogP contribution in [0.25, 0.3) is 0 Å². The zero-order valence-electron chi connectivity index (χ0n) is 14.9. The lowest BCUT2D eigenvalue weighted by molar-refractivity contribution is 0.151. The summed E-state index contributed by atoms with van der Waals surface area (Å²) in [5, 5.41) is 3.48. The van der Waals surface area contributed by atoms with Gasteiger partial charge in [0.2, 0.25) is 0 Å². The average Bonchev–Trinajstić information content (AvgIpc) is 2.90. The van der Waals surface area contributed by atoms with Crippen LogP contribution in [0.1, 0.15) is 52.9 Å². The van der Waals surface area contributed by atoms with Crippen molar-refractivity contribution in [2.24, 2.45) is 10.4 Å². The number of likely N-dealkylation sites (N-methyl/N-ethyl adjacent to an activating group) is 1. The number of likely N-dealkylation sites (tertiary alicyclic amines) is 1. The molecule has 0 amide bonds. The smallest absolute Gasteiger partial charge is 0.193 e. The molecule has 4 nitrogen and oxygen atoms in total. The van der Waals surface area contributed by atoms with E-state index in [0.717, 1.165) is 25.6 Å². The van der Waals surface area contributed by atoms with E-state index in [1.807, 2.05) is 0 Å². The molecule has 1 saturated carbocycles. The van der Waals surface area contributed by atoms with Crippen LogP contribution in [-0.2, 0) is 0 Å². The number of guanidine groups is 1. The second-order valence-corrected chi connectivity index (χ2v) is 7.00.